The average molecular weight is 200 g/mol. The van der Waals surface area contributed by atoms with Crippen LogP contribution in [0.3, 0.4) is 0 Å². The summed E-state index contributed by atoms with van der Waals surface area (Å²) in [4.78, 5) is 10.8. The van der Waals surface area contributed by atoms with Crippen molar-refractivity contribution in [1.82, 2.24) is 0 Å². The molecular weight excluding hydrogens is 187 g/mol. The van der Waals surface area contributed by atoms with Crippen LogP contribution < -0.4 is 0 Å². The quantitative estimate of drug-likeness (QED) is 0.708. The Balaban J connectivity index is 0.000000791. The highest BCUT2D eigenvalue weighted by Gasteiger charge is 2.08. The van der Waals surface area contributed by atoms with E-state index in [1.54, 1.807) is 0 Å². The summed E-state index contributed by atoms with van der Waals surface area (Å²) >= 11 is 0. The Morgan fingerprint density at radius 3 is 2.43 bits per heavy atom. The van der Waals surface area contributed by atoms with Gasteiger partial charge in [0.25, 0.3) is 0 Å². The van der Waals surface area contributed by atoms with Crippen LogP contribution in [0.5, 0.6) is 5.75 Å². The fourth-order valence-corrected chi connectivity index (χ4v) is 0.752. The lowest BCUT2D eigenvalue weighted by Gasteiger charge is -1.99. The standard InChI is InChI=1S/C8H7FO3.C2H6/c1-12-8(11)5-2-3-7(10)6(9)4-5;1-2/h2-4,10H,1H3;1-2H3. The first-order chi connectivity index (χ1) is 6.65. The first-order valence-electron chi connectivity index (χ1n) is 4.22. The normalized spacial score (nSPS) is 8.57. The van der Waals surface area contributed by atoms with Crippen molar-refractivity contribution in [1.29, 1.82) is 0 Å². The largest absolute Gasteiger partial charge is 0.505 e. The zero-order valence-corrected chi connectivity index (χ0v) is 8.37. The van der Waals surface area contributed by atoms with Gasteiger partial charge in [0.05, 0.1) is 12.7 Å². The molecule has 78 valence electrons. The number of rotatable bonds is 1. The maximum absolute atomic E-state index is 12.6. The van der Waals surface area contributed by atoms with Gasteiger partial charge >= 0.3 is 5.97 Å². The first-order valence-corrected chi connectivity index (χ1v) is 4.22. The van der Waals surface area contributed by atoms with E-state index in [0.29, 0.717) is 0 Å². The molecule has 0 radical (unpaired) electrons. The molecule has 0 fully saturated rings. The molecule has 3 nitrogen and oxygen atoms in total. The SMILES string of the molecule is CC.COC(=O)c1ccc(O)c(F)c1. The molecule has 0 heterocycles. The predicted octanol–water partition coefficient (Wildman–Crippen LogP) is 2.34. The van der Waals surface area contributed by atoms with E-state index in [0.717, 1.165) is 12.1 Å². The number of phenols is 1. The van der Waals surface area contributed by atoms with E-state index in [1.165, 1.54) is 13.2 Å². The van der Waals surface area contributed by atoms with Crippen LogP contribution in [0.4, 0.5) is 4.39 Å². The molecule has 0 aromatic heterocycles. The molecule has 1 N–H and O–H groups in total. The van der Waals surface area contributed by atoms with Gasteiger partial charge in [-0.2, -0.15) is 0 Å². The van der Waals surface area contributed by atoms with Crippen LogP contribution in [-0.2, 0) is 4.74 Å². The van der Waals surface area contributed by atoms with Crippen molar-refractivity contribution < 1.29 is 19.0 Å². The molecule has 0 aliphatic heterocycles. The lowest BCUT2D eigenvalue weighted by Crippen LogP contribution is -2.01. The molecule has 1 aromatic carbocycles. The van der Waals surface area contributed by atoms with Gasteiger partial charge in [-0.1, -0.05) is 13.8 Å². The number of phenolic OH excluding ortho intramolecular Hbond substituents is 1. The van der Waals surface area contributed by atoms with Crippen LogP contribution in [0, 0.1) is 5.82 Å². The van der Waals surface area contributed by atoms with Gasteiger partial charge in [0, 0.05) is 0 Å². The molecule has 0 amide bonds. The van der Waals surface area contributed by atoms with Gasteiger partial charge in [0.2, 0.25) is 0 Å². The average Bonchev–Trinajstić information content (AvgIpc) is 2.24. The zero-order chi connectivity index (χ0) is 11.1. The third kappa shape index (κ3) is 3.05. The van der Waals surface area contributed by atoms with Gasteiger partial charge in [-0.05, 0) is 18.2 Å². The molecule has 0 atom stereocenters. The van der Waals surface area contributed by atoms with E-state index < -0.39 is 17.5 Å². The van der Waals surface area contributed by atoms with Crippen LogP contribution in [0.2, 0.25) is 0 Å². The number of halogens is 1. The highest BCUT2D eigenvalue weighted by Crippen LogP contribution is 2.16. The van der Waals surface area contributed by atoms with E-state index in [-0.39, 0.29) is 5.56 Å². The summed E-state index contributed by atoms with van der Waals surface area (Å²) in [5.74, 6) is -1.95. The highest BCUT2D eigenvalue weighted by molar-refractivity contribution is 5.89. The zero-order valence-electron chi connectivity index (χ0n) is 8.37. The second-order valence-electron chi connectivity index (χ2n) is 2.16. The van der Waals surface area contributed by atoms with Crippen molar-refractivity contribution in [2.75, 3.05) is 7.11 Å². The van der Waals surface area contributed by atoms with Crippen molar-refractivity contribution >= 4 is 5.97 Å². The second kappa shape index (κ2) is 5.96. The third-order valence-corrected chi connectivity index (χ3v) is 1.37. The predicted molar refractivity (Wildman–Crippen MR) is 50.8 cm³/mol. The van der Waals surface area contributed by atoms with Crippen LogP contribution in [0.25, 0.3) is 0 Å². The van der Waals surface area contributed by atoms with Gasteiger partial charge < -0.3 is 9.84 Å². The Labute approximate surface area is 82.1 Å². The fraction of sp³-hybridized carbons (Fsp3) is 0.300. The Bertz CT molecular complexity index is 310. The van der Waals surface area contributed by atoms with E-state index in [2.05, 4.69) is 4.74 Å². The summed E-state index contributed by atoms with van der Waals surface area (Å²) in [5, 5.41) is 8.77. The van der Waals surface area contributed by atoms with Crippen molar-refractivity contribution in [3.63, 3.8) is 0 Å². The van der Waals surface area contributed by atoms with Crippen molar-refractivity contribution in [3.8, 4) is 5.75 Å². The Hall–Kier alpha value is -1.58. The highest BCUT2D eigenvalue weighted by atomic mass is 19.1. The number of hydrogen-bond donors (Lipinski definition) is 1. The number of aromatic hydroxyl groups is 1. The maximum atomic E-state index is 12.6. The number of hydrogen-bond acceptors (Lipinski definition) is 3. The molecule has 1 rings (SSSR count). The van der Waals surface area contributed by atoms with Crippen molar-refractivity contribution in [2.24, 2.45) is 0 Å². The summed E-state index contributed by atoms with van der Waals surface area (Å²) in [6.07, 6.45) is 0. The number of carbonyl (C=O) groups excluding carboxylic acids is 1. The van der Waals surface area contributed by atoms with Crippen LogP contribution in [0.15, 0.2) is 18.2 Å². The summed E-state index contributed by atoms with van der Waals surface area (Å²) < 4.78 is 17.0. The molecule has 0 saturated carbocycles. The van der Waals surface area contributed by atoms with Crippen LogP contribution in [0.1, 0.15) is 24.2 Å². The smallest absolute Gasteiger partial charge is 0.337 e. The minimum Gasteiger partial charge on any atom is -0.505 e. The molecule has 0 saturated heterocycles. The van der Waals surface area contributed by atoms with Gasteiger partial charge in [0.1, 0.15) is 0 Å². The molecule has 4 heteroatoms. The molecule has 0 bridgehead atoms. The van der Waals surface area contributed by atoms with E-state index in [1.807, 2.05) is 13.8 Å². The van der Waals surface area contributed by atoms with Gasteiger partial charge in [-0.25, -0.2) is 9.18 Å². The number of ether oxygens (including phenoxy) is 1. The number of benzene rings is 1. The van der Waals surface area contributed by atoms with Crippen LogP contribution in [-0.4, -0.2) is 18.2 Å². The topological polar surface area (TPSA) is 46.5 Å². The lowest BCUT2D eigenvalue weighted by atomic mass is 10.2. The Kier molecular flexibility index (Phi) is 5.29. The summed E-state index contributed by atoms with van der Waals surface area (Å²) in [6, 6.07) is 3.30. The maximum Gasteiger partial charge on any atom is 0.337 e. The van der Waals surface area contributed by atoms with Crippen molar-refractivity contribution in [3.05, 3.63) is 29.6 Å². The van der Waals surface area contributed by atoms with Crippen LogP contribution >= 0.6 is 0 Å². The van der Waals surface area contributed by atoms with Gasteiger partial charge in [-0.15, -0.1) is 0 Å². The first kappa shape index (κ1) is 12.4. The third-order valence-electron chi connectivity index (χ3n) is 1.37. The molecule has 1 aromatic rings. The second-order valence-corrected chi connectivity index (χ2v) is 2.16. The van der Waals surface area contributed by atoms with Gasteiger partial charge in [0.15, 0.2) is 11.6 Å². The molecular formula is C10H13FO3. The minimum absolute atomic E-state index is 0.0767. The molecule has 0 aliphatic rings. The van der Waals surface area contributed by atoms with Crippen molar-refractivity contribution in [2.45, 2.75) is 13.8 Å². The van der Waals surface area contributed by atoms with E-state index in [4.69, 9.17) is 5.11 Å². The fourth-order valence-electron chi connectivity index (χ4n) is 0.752. The molecule has 0 aliphatic carbocycles. The van der Waals surface area contributed by atoms with Gasteiger partial charge in [-0.3, -0.25) is 0 Å². The lowest BCUT2D eigenvalue weighted by molar-refractivity contribution is 0.0600. The number of methoxy groups -OCH3 is 1. The summed E-state index contributed by atoms with van der Waals surface area (Å²) in [6.45, 7) is 4.00. The molecule has 14 heavy (non-hydrogen) atoms. The minimum atomic E-state index is -0.835. The number of esters is 1. The Morgan fingerprint density at radius 2 is 2.00 bits per heavy atom. The van der Waals surface area contributed by atoms with E-state index in [9.17, 15) is 9.18 Å². The Morgan fingerprint density at radius 1 is 1.43 bits per heavy atom. The summed E-state index contributed by atoms with van der Waals surface area (Å²) in [7, 11) is 1.20. The van der Waals surface area contributed by atoms with E-state index >= 15 is 0 Å². The number of carbonyl (C=O) groups is 1. The monoisotopic (exact) mass is 200 g/mol. The summed E-state index contributed by atoms with van der Waals surface area (Å²) in [5.41, 5.74) is 0.0767. The molecule has 0 unspecified atom stereocenters. The molecule has 0 spiro atoms.